The summed E-state index contributed by atoms with van der Waals surface area (Å²) in [6.45, 7) is 0. The normalized spacial score (nSPS) is 16.4. The molecule has 1 unspecified atom stereocenters. The average molecular weight is 333 g/mol. The number of aromatic hydroxyl groups is 1. The Labute approximate surface area is 145 Å². The van der Waals surface area contributed by atoms with Gasteiger partial charge in [-0.15, -0.1) is 0 Å². The van der Waals surface area contributed by atoms with Gasteiger partial charge in [0.25, 0.3) is 0 Å². The van der Waals surface area contributed by atoms with Crippen molar-refractivity contribution in [3.8, 4) is 16.9 Å². The van der Waals surface area contributed by atoms with Gasteiger partial charge < -0.3 is 5.11 Å². The molecule has 4 rings (SSSR count). The third-order valence-electron chi connectivity index (χ3n) is 5.07. The van der Waals surface area contributed by atoms with Crippen molar-refractivity contribution >= 4 is 16.7 Å². The second-order valence-corrected chi connectivity index (χ2v) is 6.65. The number of fused-ring (bicyclic) bond motifs is 2. The maximum Gasteiger partial charge on any atom is 0.246 e. The molecule has 0 fully saturated rings. The molecule has 126 valence electrons. The van der Waals surface area contributed by atoms with Crippen molar-refractivity contribution in [3.63, 3.8) is 0 Å². The van der Waals surface area contributed by atoms with E-state index >= 15 is 0 Å². The summed E-state index contributed by atoms with van der Waals surface area (Å²) in [5, 5.41) is 20.5. The lowest BCUT2D eigenvalue weighted by Crippen LogP contribution is -2.31. The molecule has 0 saturated carbocycles. The molecule has 0 saturated heterocycles. The van der Waals surface area contributed by atoms with E-state index in [1.165, 1.54) is 11.1 Å². The minimum absolute atomic E-state index is 0.174. The summed E-state index contributed by atoms with van der Waals surface area (Å²) < 4.78 is 0. The molecule has 1 amide bonds. The largest absolute Gasteiger partial charge is 0.508 e. The average Bonchev–Trinajstić information content (AvgIpc) is 2.66. The second-order valence-electron chi connectivity index (χ2n) is 6.65. The first-order valence-electron chi connectivity index (χ1n) is 8.43. The number of nitrogens with one attached hydrogen (secondary N) is 1. The van der Waals surface area contributed by atoms with Crippen molar-refractivity contribution in [1.82, 2.24) is 5.48 Å². The van der Waals surface area contributed by atoms with Crippen molar-refractivity contribution in [2.24, 2.45) is 5.92 Å². The topological polar surface area (TPSA) is 69.6 Å². The Morgan fingerprint density at radius 3 is 2.48 bits per heavy atom. The minimum atomic E-state index is -0.304. The predicted octanol–water partition coefficient (Wildman–Crippen LogP) is 3.82. The number of carbonyl (C=O) groups is 1. The molecule has 0 heterocycles. The second kappa shape index (κ2) is 6.22. The van der Waals surface area contributed by atoms with Crippen LogP contribution < -0.4 is 5.48 Å². The quantitative estimate of drug-likeness (QED) is 0.493. The van der Waals surface area contributed by atoms with Gasteiger partial charge in [-0.3, -0.25) is 10.0 Å². The van der Waals surface area contributed by atoms with Gasteiger partial charge in [-0.1, -0.05) is 36.4 Å². The van der Waals surface area contributed by atoms with Crippen LogP contribution in [0.4, 0.5) is 0 Å². The molecule has 1 aliphatic carbocycles. The summed E-state index contributed by atoms with van der Waals surface area (Å²) >= 11 is 0. The molecule has 4 heteroatoms. The number of hydrogen-bond acceptors (Lipinski definition) is 3. The number of amides is 1. The van der Waals surface area contributed by atoms with Gasteiger partial charge in [-0.2, -0.15) is 0 Å². The third kappa shape index (κ3) is 2.96. The standard InChI is InChI=1S/C21H19NO3/c23-20-8-7-16-9-14(4-5-17(16)12-20)15-3-1-13-2-6-18(21(24)22-25)11-19(13)10-15/h1,3-5,7-10,12,18,23,25H,2,6,11H2,(H,22,24). The molecule has 4 nitrogen and oxygen atoms in total. The molecule has 0 aliphatic heterocycles. The van der Waals surface area contributed by atoms with Crippen LogP contribution in [0.25, 0.3) is 21.9 Å². The summed E-state index contributed by atoms with van der Waals surface area (Å²) in [6.07, 6.45) is 2.26. The molecular weight excluding hydrogens is 314 g/mol. The Bertz CT molecular complexity index is 965. The smallest absolute Gasteiger partial charge is 0.246 e. The van der Waals surface area contributed by atoms with Gasteiger partial charge in [0.1, 0.15) is 5.75 Å². The van der Waals surface area contributed by atoms with E-state index < -0.39 is 0 Å². The van der Waals surface area contributed by atoms with Crippen LogP contribution in [0.15, 0.2) is 54.6 Å². The molecule has 1 aliphatic rings. The van der Waals surface area contributed by atoms with E-state index in [9.17, 15) is 9.90 Å². The van der Waals surface area contributed by atoms with Crippen LogP contribution in [0, 0.1) is 5.92 Å². The lowest BCUT2D eigenvalue weighted by molar-refractivity contribution is -0.133. The highest BCUT2D eigenvalue weighted by Gasteiger charge is 2.24. The number of rotatable bonds is 2. The monoisotopic (exact) mass is 333 g/mol. The van der Waals surface area contributed by atoms with E-state index in [1.54, 1.807) is 17.6 Å². The Kier molecular flexibility index (Phi) is 3.90. The molecule has 0 radical (unpaired) electrons. The number of hydrogen-bond donors (Lipinski definition) is 3. The van der Waals surface area contributed by atoms with E-state index in [0.29, 0.717) is 6.42 Å². The van der Waals surface area contributed by atoms with Gasteiger partial charge in [0, 0.05) is 5.92 Å². The highest BCUT2D eigenvalue weighted by molar-refractivity contribution is 5.88. The predicted molar refractivity (Wildman–Crippen MR) is 96.5 cm³/mol. The SMILES string of the molecule is O=C(NO)C1CCc2ccc(-c3ccc4cc(O)ccc4c3)cc2C1. The van der Waals surface area contributed by atoms with Gasteiger partial charge in [0.2, 0.25) is 5.91 Å². The van der Waals surface area contributed by atoms with Gasteiger partial charge in [-0.05, 0) is 70.5 Å². The van der Waals surface area contributed by atoms with Crippen LogP contribution in [-0.4, -0.2) is 16.2 Å². The van der Waals surface area contributed by atoms with E-state index in [4.69, 9.17) is 5.21 Å². The van der Waals surface area contributed by atoms with Crippen molar-refractivity contribution in [2.45, 2.75) is 19.3 Å². The Morgan fingerprint density at radius 2 is 1.64 bits per heavy atom. The van der Waals surface area contributed by atoms with Gasteiger partial charge in [-0.25, -0.2) is 5.48 Å². The summed E-state index contributed by atoms with van der Waals surface area (Å²) in [4.78, 5) is 11.7. The molecule has 25 heavy (non-hydrogen) atoms. The van der Waals surface area contributed by atoms with Crippen LogP contribution in [0.5, 0.6) is 5.75 Å². The molecular formula is C21H19NO3. The third-order valence-corrected chi connectivity index (χ3v) is 5.07. The van der Waals surface area contributed by atoms with Crippen LogP contribution in [0.2, 0.25) is 0 Å². The Morgan fingerprint density at radius 1 is 0.920 bits per heavy atom. The van der Waals surface area contributed by atoms with Crippen molar-refractivity contribution in [2.75, 3.05) is 0 Å². The maximum absolute atomic E-state index is 11.7. The zero-order valence-electron chi connectivity index (χ0n) is 13.7. The number of phenolic OH excluding ortho intramolecular Hbond substituents is 1. The van der Waals surface area contributed by atoms with E-state index in [1.807, 2.05) is 18.2 Å². The lowest BCUT2D eigenvalue weighted by atomic mass is 9.82. The van der Waals surface area contributed by atoms with Crippen LogP contribution >= 0.6 is 0 Å². The number of hydroxylamine groups is 1. The minimum Gasteiger partial charge on any atom is -0.508 e. The molecule has 0 spiro atoms. The first-order chi connectivity index (χ1) is 12.1. The van der Waals surface area contributed by atoms with E-state index in [-0.39, 0.29) is 17.6 Å². The highest BCUT2D eigenvalue weighted by atomic mass is 16.5. The molecule has 3 N–H and O–H groups in total. The summed E-state index contributed by atoms with van der Waals surface area (Å²) in [7, 11) is 0. The van der Waals surface area contributed by atoms with Crippen LogP contribution in [-0.2, 0) is 17.6 Å². The summed E-state index contributed by atoms with van der Waals surface area (Å²) in [5.74, 6) is -0.212. The lowest BCUT2D eigenvalue weighted by Gasteiger charge is -2.23. The van der Waals surface area contributed by atoms with Crippen molar-refractivity contribution < 1.29 is 15.1 Å². The van der Waals surface area contributed by atoms with E-state index in [0.717, 1.165) is 34.7 Å². The van der Waals surface area contributed by atoms with Gasteiger partial charge in [0.05, 0.1) is 0 Å². The summed E-state index contributed by atoms with van der Waals surface area (Å²) in [6, 6.07) is 17.9. The fourth-order valence-electron chi connectivity index (χ4n) is 3.66. The van der Waals surface area contributed by atoms with E-state index in [2.05, 4.69) is 24.3 Å². The summed E-state index contributed by atoms with van der Waals surface area (Å²) in [5.41, 5.74) is 6.44. The Balaban J connectivity index is 1.70. The first kappa shape index (κ1) is 15.7. The number of benzene rings is 3. The first-order valence-corrected chi connectivity index (χ1v) is 8.43. The molecule has 3 aromatic rings. The fraction of sp³-hybridized carbons (Fsp3) is 0.190. The van der Waals surface area contributed by atoms with Crippen molar-refractivity contribution in [3.05, 3.63) is 65.7 Å². The zero-order chi connectivity index (χ0) is 17.4. The van der Waals surface area contributed by atoms with Gasteiger partial charge in [0.15, 0.2) is 0 Å². The van der Waals surface area contributed by atoms with Crippen LogP contribution in [0.3, 0.4) is 0 Å². The van der Waals surface area contributed by atoms with Gasteiger partial charge >= 0.3 is 0 Å². The molecule has 1 atom stereocenters. The maximum atomic E-state index is 11.7. The van der Waals surface area contributed by atoms with Crippen LogP contribution in [0.1, 0.15) is 17.5 Å². The molecule has 0 aromatic heterocycles. The fourth-order valence-corrected chi connectivity index (χ4v) is 3.66. The number of phenols is 1. The highest BCUT2D eigenvalue weighted by Crippen LogP contribution is 2.32. The number of carbonyl (C=O) groups excluding carboxylic acids is 1. The Hall–Kier alpha value is -2.85. The molecule has 3 aromatic carbocycles. The molecule has 0 bridgehead atoms. The van der Waals surface area contributed by atoms with Crippen molar-refractivity contribution in [1.29, 1.82) is 0 Å². The number of aryl methyl sites for hydroxylation is 1. The zero-order valence-corrected chi connectivity index (χ0v) is 13.7.